The van der Waals surface area contributed by atoms with Crippen molar-refractivity contribution in [2.24, 2.45) is 0 Å². The van der Waals surface area contributed by atoms with Gasteiger partial charge in [-0.15, -0.1) is 0 Å². The fraction of sp³-hybridized carbons (Fsp3) is 0.333. The van der Waals surface area contributed by atoms with Gasteiger partial charge < -0.3 is 13.9 Å². The number of ether oxygens (including phenoxy) is 2. The number of oxazole rings is 1. The van der Waals surface area contributed by atoms with Gasteiger partial charge in [0, 0.05) is 18.7 Å². The van der Waals surface area contributed by atoms with Crippen LogP contribution in [-0.4, -0.2) is 35.5 Å². The summed E-state index contributed by atoms with van der Waals surface area (Å²) in [6.07, 6.45) is -3.59. The topological polar surface area (TPSA) is 64.8 Å². The summed E-state index contributed by atoms with van der Waals surface area (Å²) in [6, 6.07) is 12.0. The zero-order valence-electron chi connectivity index (χ0n) is 18.2. The van der Waals surface area contributed by atoms with Gasteiger partial charge >= 0.3 is 12.1 Å². The van der Waals surface area contributed by atoms with E-state index in [-0.39, 0.29) is 24.5 Å². The van der Waals surface area contributed by atoms with Gasteiger partial charge in [0.25, 0.3) is 0 Å². The van der Waals surface area contributed by atoms with E-state index in [2.05, 4.69) is 9.88 Å². The molecule has 1 aliphatic heterocycles. The van der Waals surface area contributed by atoms with Gasteiger partial charge in [-0.2, -0.15) is 13.2 Å². The van der Waals surface area contributed by atoms with Crippen LogP contribution in [0.3, 0.4) is 0 Å². The minimum absolute atomic E-state index is 0.159. The number of benzene rings is 2. The molecule has 1 aliphatic rings. The average molecular weight is 460 g/mol. The molecule has 0 radical (unpaired) electrons. The Morgan fingerprint density at radius 2 is 1.85 bits per heavy atom. The quantitative estimate of drug-likeness (QED) is 0.463. The molecule has 0 saturated carbocycles. The highest BCUT2D eigenvalue weighted by Gasteiger charge is 2.34. The molecule has 0 spiro atoms. The number of methoxy groups -OCH3 is 1. The second kappa shape index (κ2) is 9.27. The zero-order valence-corrected chi connectivity index (χ0v) is 18.2. The second-order valence-electron chi connectivity index (χ2n) is 7.83. The number of alkyl halides is 3. The number of halogens is 3. The van der Waals surface area contributed by atoms with Gasteiger partial charge in [-0.1, -0.05) is 12.1 Å². The molecule has 0 aliphatic carbocycles. The molecule has 1 saturated heterocycles. The molecule has 1 aromatic heterocycles. The van der Waals surface area contributed by atoms with Crippen molar-refractivity contribution < 1.29 is 31.9 Å². The van der Waals surface area contributed by atoms with E-state index >= 15 is 0 Å². The summed E-state index contributed by atoms with van der Waals surface area (Å²) >= 11 is 0. The Balaban J connectivity index is 1.35. The number of carbonyl (C=O) groups excluding carboxylic acids is 1. The maximum absolute atomic E-state index is 12.7. The average Bonchev–Trinajstić information content (AvgIpc) is 3.16. The Kier molecular flexibility index (Phi) is 6.42. The van der Waals surface area contributed by atoms with Crippen molar-refractivity contribution in [2.45, 2.75) is 38.7 Å². The Morgan fingerprint density at radius 1 is 1.15 bits per heavy atom. The zero-order chi connectivity index (χ0) is 23.6. The first-order valence-electron chi connectivity index (χ1n) is 10.4. The van der Waals surface area contributed by atoms with Gasteiger partial charge in [0.2, 0.25) is 5.89 Å². The van der Waals surface area contributed by atoms with Gasteiger partial charge in [-0.25, -0.2) is 4.98 Å². The summed E-state index contributed by atoms with van der Waals surface area (Å²) in [6.45, 7) is 3.39. The third-order valence-corrected chi connectivity index (χ3v) is 5.64. The van der Waals surface area contributed by atoms with Gasteiger partial charge in [0.05, 0.1) is 12.7 Å². The van der Waals surface area contributed by atoms with Crippen LogP contribution in [0.2, 0.25) is 0 Å². The largest absolute Gasteiger partial charge is 0.487 e. The Bertz CT molecular complexity index is 1110. The monoisotopic (exact) mass is 460 g/mol. The molecule has 174 valence electrons. The first-order chi connectivity index (χ1) is 15.7. The van der Waals surface area contributed by atoms with Crippen molar-refractivity contribution in [3.05, 3.63) is 71.1 Å². The van der Waals surface area contributed by atoms with Crippen LogP contribution in [0.5, 0.6) is 5.75 Å². The van der Waals surface area contributed by atoms with E-state index in [1.807, 2.05) is 24.3 Å². The van der Waals surface area contributed by atoms with Crippen LogP contribution in [0.4, 0.5) is 13.2 Å². The van der Waals surface area contributed by atoms with Gasteiger partial charge in [-0.05, 0) is 55.3 Å². The fourth-order valence-corrected chi connectivity index (χ4v) is 3.60. The summed E-state index contributed by atoms with van der Waals surface area (Å²) in [5, 5.41) is 0. The lowest BCUT2D eigenvalue weighted by molar-refractivity contribution is -0.152. The Hall–Kier alpha value is -3.33. The van der Waals surface area contributed by atoms with Gasteiger partial charge in [0.1, 0.15) is 29.9 Å². The highest BCUT2D eigenvalue weighted by Crippen LogP contribution is 2.31. The van der Waals surface area contributed by atoms with Crippen LogP contribution in [0, 0.1) is 6.92 Å². The number of hydrogen-bond acceptors (Lipinski definition) is 6. The number of carbonyl (C=O) groups is 1. The molecule has 33 heavy (non-hydrogen) atoms. The van der Waals surface area contributed by atoms with E-state index in [1.165, 1.54) is 19.2 Å². The number of likely N-dealkylation sites (tertiary alicyclic amines) is 1. The number of hydrogen-bond donors (Lipinski definition) is 0. The highest BCUT2D eigenvalue weighted by atomic mass is 19.4. The number of aromatic nitrogens is 1. The van der Waals surface area contributed by atoms with Gasteiger partial charge in [-0.3, -0.25) is 9.69 Å². The van der Waals surface area contributed by atoms with Crippen molar-refractivity contribution in [3.8, 4) is 17.2 Å². The summed E-state index contributed by atoms with van der Waals surface area (Å²) < 4.78 is 54.5. The number of aryl methyl sites for hydroxylation is 1. The number of esters is 1. The highest BCUT2D eigenvalue weighted by molar-refractivity contribution is 5.76. The molecule has 9 heteroatoms. The molecule has 1 fully saturated rings. The predicted molar refractivity (Wildman–Crippen MR) is 113 cm³/mol. The lowest BCUT2D eigenvalue weighted by Gasteiger charge is -2.38. The summed E-state index contributed by atoms with van der Waals surface area (Å²) in [5.74, 6) is 1.21. The van der Waals surface area contributed by atoms with Gasteiger partial charge in [0.15, 0.2) is 0 Å². The van der Waals surface area contributed by atoms with E-state index in [4.69, 9.17) is 13.9 Å². The molecule has 2 aromatic carbocycles. The minimum atomic E-state index is -4.39. The molecular formula is C24H23F3N2O4. The standard InChI is InChI=1S/C24H23F3N2O4/c1-15-20(28-22(33-15)17-5-7-18(8-6-17)24(25,26)27)14-32-19-9-3-16(4-10-19)13-29-12-11-21(29)23(30)31-2/h3-10,21H,11-14H2,1-2H3. The van der Waals surface area contributed by atoms with E-state index in [1.54, 1.807) is 6.92 Å². The molecule has 4 rings (SSSR count). The molecule has 3 aromatic rings. The van der Waals surface area contributed by atoms with Crippen LogP contribution >= 0.6 is 0 Å². The van der Waals surface area contributed by atoms with Crippen LogP contribution in [0.1, 0.15) is 29.0 Å². The van der Waals surface area contributed by atoms with E-state index in [0.29, 0.717) is 29.3 Å². The lowest BCUT2D eigenvalue weighted by atomic mass is 10.0. The van der Waals surface area contributed by atoms with Crippen molar-refractivity contribution in [2.75, 3.05) is 13.7 Å². The first kappa shape index (κ1) is 22.8. The molecule has 0 amide bonds. The van der Waals surface area contributed by atoms with Crippen molar-refractivity contribution in [3.63, 3.8) is 0 Å². The van der Waals surface area contributed by atoms with Crippen LogP contribution in [-0.2, 0) is 28.9 Å². The van der Waals surface area contributed by atoms with E-state index < -0.39 is 11.7 Å². The third kappa shape index (κ3) is 5.19. The van der Waals surface area contributed by atoms with E-state index in [0.717, 1.165) is 30.7 Å². The maximum atomic E-state index is 12.7. The number of nitrogens with zero attached hydrogens (tertiary/aromatic N) is 2. The molecular weight excluding hydrogens is 437 g/mol. The normalized spacial score (nSPS) is 16.3. The lowest BCUT2D eigenvalue weighted by Crippen LogP contribution is -2.52. The molecule has 1 atom stereocenters. The molecule has 0 bridgehead atoms. The predicted octanol–water partition coefficient (Wildman–Crippen LogP) is 5.00. The van der Waals surface area contributed by atoms with Crippen molar-refractivity contribution in [1.82, 2.24) is 9.88 Å². The van der Waals surface area contributed by atoms with Crippen LogP contribution in [0.25, 0.3) is 11.5 Å². The molecule has 6 nitrogen and oxygen atoms in total. The maximum Gasteiger partial charge on any atom is 0.416 e. The molecule has 1 unspecified atom stereocenters. The van der Waals surface area contributed by atoms with E-state index in [9.17, 15) is 18.0 Å². The number of rotatable bonds is 7. The Labute approximate surface area is 188 Å². The van der Waals surface area contributed by atoms with Crippen molar-refractivity contribution in [1.29, 1.82) is 0 Å². The minimum Gasteiger partial charge on any atom is -0.487 e. The first-order valence-corrected chi connectivity index (χ1v) is 10.4. The van der Waals surface area contributed by atoms with Crippen LogP contribution in [0.15, 0.2) is 52.9 Å². The summed E-state index contributed by atoms with van der Waals surface area (Å²) in [5.41, 5.74) is 1.35. The fourth-order valence-electron chi connectivity index (χ4n) is 3.60. The van der Waals surface area contributed by atoms with Crippen LogP contribution < -0.4 is 4.74 Å². The smallest absolute Gasteiger partial charge is 0.416 e. The summed E-state index contributed by atoms with van der Waals surface area (Å²) in [7, 11) is 1.40. The third-order valence-electron chi connectivity index (χ3n) is 5.64. The van der Waals surface area contributed by atoms with Crippen molar-refractivity contribution >= 4 is 5.97 Å². The summed E-state index contributed by atoms with van der Waals surface area (Å²) in [4.78, 5) is 18.1. The second-order valence-corrected chi connectivity index (χ2v) is 7.83. The SMILES string of the molecule is COC(=O)C1CCN1Cc1ccc(OCc2nc(-c3ccc(C(F)(F)F)cc3)oc2C)cc1. The Morgan fingerprint density at radius 3 is 2.42 bits per heavy atom. The molecule has 0 N–H and O–H groups in total. The molecule has 2 heterocycles.